The van der Waals surface area contributed by atoms with E-state index >= 15 is 0 Å². The van der Waals surface area contributed by atoms with Crippen LogP contribution in [0.4, 0.5) is 15.8 Å². The number of rotatable bonds is 8. The van der Waals surface area contributed by atoms with Crippen molar-refractivity contribution in [3.63, 3.8) is 0 Å². The zero-order valence-corrected chi connectivity index (χ0v) is 30.5. The maximum Gasteiger partial charge on any atom is 0.237 e. The molecule has 0 N–H and O–H groups in total. The van der Waals surface area contributed by atoms with Crippen LogP contribution in [0.2, 0.25) is 0 Å². The predicted molar refractivity (Wildman–Crippen MR) is 204 cm³/mol. The van der Waals surface area contributed by atoms with Gasteiger partial charge in [0.2, 0.25) is 11.7 Å². The molecule has 4 aromatic rings. The fourth-order valence-electron chi connectivity index (χ4n) is 8.90. The van der Waals surface area contributed by atoms with Gasteiger partial charge in [0.05, 0.1) is 13.2 Å². The Morgan fingerprint density at radius 2 is 1.62 bits per heavy atom. The number of para-hydroxylation sites is 1. The van der Waals surface area contributed by atoms with Crippen molar-refractivity contribution in [3.05, 3.63) is 108 Å². The fraction of sp³-hybridized carbons (Fsp3) is 0.442. The molecule has 4 aliphatic rings. The van der Waals surface area contributed by atoms with Crippen LogP contribution in [0.25, 0.3) is 10.8 Å². The molecule has 9 heteroatoms. The number of halogens is 1. The van der Waals surface area contributed by atoms with Gasteiger partial charge in [-0.1, -0.05) is 55.5 Å². The van der Waals surface area contributed by atoms with Gasteiger partial charge in [0, 0.05) is 61.0 Å². The van der Waals surface area contributed by atoms with Crippen LogP contribution in [0.3, 0.4) is 0 Å². The number of nitrogens with zero attached hydrogens (tertiary/aromatic N) is 4. The van der Waals surface area contributed by atoms with Crippen molar-refractivity contribution in [1.82, 2.24) is 4.90 Å². The molecular formula is C43H49FN4O4. The van der Waals surface area contributed by atoms with Gasteiger partial charge >= 0.3 is 0 Å². The minimum Gasteiger partial charge on any atom is -0.476 e. The summed E-state index contributed by atoms with van der Waals surface area (Å²) in [5.74, 6) is -0.688. The van der Waals surface area contributed by atoms with Crippen LogP contribution in [-0.4, -0.2) is 79.8 Å². The second kappa shape index (κ2) is 14.3. The molecule has 0 amide bonds. The molecule has 4 aromatic carbocycles. The summed E-state index contributed by atoms with van der Waals surface area (Å²) in [6.45, 7) is 10.7. The van der Waals surface area contributed by atoms with E-state index < -0.39 is 17.5 Å². The van der Waals surface area contributed by atoms with Crippen molar-refractivity contribution in [2.75, 3.05) is 49.2 Å². The number of ketones is 1. The largest absolute Gasteiger partial charge is 0.476 e. The Labute approximate surface area is 306 Å². The van der Waals surface area contributed by atoms with Crippen LogP contribution in [0.15, 0.2) is 96.0 Å². The van der Waals surface area contributed by atoms with E-state index in [0.717, 1.165) is 91.8 Å². The Bertz CT molecular complexity index is 1920. The Morgan fingerprint density at radius 3 is 2.31 bits per heavy atom. The smallest absolute Gasteiger partial charge is 0.237 e. The number of carbonyl (C=O) groups excluding carboxylic acids is 1. The van der Waals surface area contributed by atoms with E-state index in [0.29, 0.717) is 13.2 Å². The number of hydrogen-bond donors (Lipinski definition) is 0. The molecule has 0 aromatic heterocycles. The molecule has 3 atom stereocenters. The topological polar surface area (TPSA) is 66.8 Å². The van der Waals surface area contributed by atoms with Gasteiger partial charge in [-0.2, -0.15) is 0 Å². The summed E-state index contributed by atoms with van der Waals surface area (Å²) in [6, 6.07) is 29.6. The summed E-state index contributed by atoms with van der Waals surface area (Å²) in [5.41, 5.74) is 3.19. The summed E-state index contributed by atoms with van der Waals surface area (Å²) < 4.78 is 34.6. The first kappa shape index (κ1) is 34.8. The first-order valence-electron chi connectivity index (χ1n) is 19.0. The van der Waals surface area contributed by atoms with Crippen molar-refractivity contribution in [2.45, 2.75) is 82.5 Å². The zero-order valence-electron chi connectivity index (χ0n) is 30.5. The third-order valence-corrected chi connectivity index (χ3v) is 11.6. The number of aliphatic imine (C=N–C) groups is 1. The average molecular weight is 705 g/mol. The maximum atomic E-state index is 14.2. The van der Waals surface area contributed by atoms with Crippen molar-refractivity contribution in [3.8, 4) is 0 Å². The third-order valence-electron chi connectivity index (χ3n) is 11.6. The summed E-state index contributed by atoms with van der Waals surface area (Å²) in [7, 11) is 0. The van der Waals surface area contributed by atoms with Crippen LogP contribution in [0.1, 0.15) is 68.8 Å². The first-order valence-corrected chi connectivity index (χ1v) is 19.0. The van der Waals surface area contributed by atoms with E-state index in [2.05, 4.69) is 71.0 Å². The van der Waals surface area contributed by atoms with Gasteiger partial charge in [0.25, 0.3) is 0 Å². The van der Waals surface area contributed by atoms with Crippen LogP contribution >= 0.6 is 0 Å². The van der Waals surface area contributed by atoms with E-state index in [1.54, 1.807) is 19.1 Å². The lowest BCUT2D eigenvalue weighted by molar-refractivity contribution is -0.181. The summed E-state index contributed by atoms with van der Waals surface area (Å²) in [6.07, 6.45) is 3.94. The van der Waals surface area contributed by atoms with Gasteiger partial charge < -0.3 is 28.9 Å². The Morgan fingerprint density at radius 1 is 0.904 bits per heavy atom. The summed E-state index contributed by atoms with van der Waals surface area (Å²) >= 11 is 0. The second-order valence-corrected chi connectivity index (χ2v) is 14.9. The summed E-state index contributed by atoms with van der Waals surface area (Å²) in [4.78, 5) is 24.9. The minimum absolute atomic E-state index is 0.0160. The lowest BCUT2D eigenvalue weighted by Gasteiger charge is -2.50. The van der Waals surface area contributed by atoms with Crippen molar-refractivity contribution < 1.29 is 23.4 Å². The van der Waals surface area contributed by atoms with Gasteiger partial charge in [-0.05, 0) is 92.9 Å². The fourth-order valence-corrected chi connectivity index (χ4v) is 8.90. The first-order chi connectivity index (χ1) is 25.3. The van der Waals surface area contributed by atoms with Gasteiger partial charge in [-0.3, -0.25) is 4.79 Å². The molecule has 272 valence electrons. The van der Waals surface area contributed by atoms with Crippen molar-refractivity contribution in [1.29, 1.82) is 0 Å². The van der Waals surface area contributed by atoms with Gasteiger partial charge in [-0.25, -0.2) is 9.38 Å². The average Bonchev–Trinajstić information content (AvgIpc) is 3.77. The van der Waals surface area contributed by atoms with E-state index in [-0.39, 0.29) is 23.7 Å². The highest BCUT2D eigenvalue weighted by molar-refractivity contribution is 5.99. The van der Waals surface area contributed by atoms with Gasteiger partial charge in [0.15, 0.2) is 11.9 Å². The molecule has 8 nitrogen and oxygen atoms in total. The van der Waals surface area contributed by atoms with Gasteiger partial charge in [0.1, 0.15) is 17.5 Å². The quantitative estimate of drug-likeness (QED) is 0.173. The molecule has 0 saturated carbocycles. The summed E-state index contributed by atoms with van der Waals surface area (Å²) in [5, 5.41) is 2.20. The highest BCUT2D eigenvalue weighted by atomic mass is 19.1. The van der Waals surface area contributed by atoms with Gasteiger partial charge in [-0.15, -0.1) is 0 Å². The number of piperidine rings is 2. The third kappa shape index (κ3) is 6.26. The van der Waals surface area contributed by atoms with Crippen LogP contribution in [0, 0.1) is 5.82 Å². The molecule has 4 aliphatic heterocycles. The molecular weight excluding hydrogens is 655 g/mol. The predicted octanol–water partition coefficient (Wildman–Crippen LogP) is 7.94. The molecule has 0 bridgehead atoms. The lowest BCUT2D eigenvalue weighted by Crippen LogP contribution is -2.63. The molecule has 3 saturated heterocycles. The standard InChI is InChI=1S/C43H49FN4O4/c1-4-21-46-23-19-42(20-24-46)41(52-39-18-22-47(30(2)27-39)38-17-12-33-28-32(31(3)49)10-11-34(33)29-38)45-40(48(42)37-8-6-5-7-9-37)43(50-25-26-51-43)35-13-15-36(44)16-14-35/h5-17,28-30,39-40H,4,18-27H2,1-3H3. The number of benzene rings is 4. The second-order valence-electron chi connectivity index (χ2n) is 14.9. The van der Waals surface area contributed by atoms with Crippen LogP contribution in [0.5, 0.6) is 0 Å². The monoisotopic (exact) mass is 704 g/mol. The number of ether oxygens (including phenoxy) is 3. The van der Waals surface area contributed by atoms with Crippen LogP contribution in [-0.2, 0) is 20.0 Å². The number of anilines is 2. The highest BCUT2D eigenvalue weighted by Crippen LogP contribution is 2.49. The van der Waals surface area contributed by atoms with Crippen molar-refractivity contribution in [2.24, 2.45) is 4.99 Å². The molecule has 8 rings (SSSR count). The molecule has 0 radical (unpaired) electrons. The number of hydrogen-bond acceptors (Lipinski definition) is 8. The maximum absolute atomic E-state index is 14.2. The lowest BCUT2D eigenvalue weighted by atomic mass is 9.84. The van der Waals surface area contributed by atoms with E-state index in [1.807, 2.05) is 24.3 Å². The van der Waals surface area contributed by atoms with E-state index in [9.17, 15) is 9.18 Å². The molecule has 0 aliphatic carbocycles. The number of fused-ring (bicyclic) bond motifs is 1. The van der Waals surface area contributed by atoms with Crippen LogP contribution < -0.4 is 9.80 Å². The van der Waals surface area contributed by atoms with Crippen molar-refractivity contribution >= 4 is 33.8 Å². The zero-order chi connectivity index (χ0) is 35.9. The number of Topliss-reactive ketones (excluding diaryl/α,β-unsaturated/α-hetero) is 1. The SMILES string of the molecule is CCCN1CCC2(CC1)C(OC1CCN(c3ccc4cc(C(C)=O)ccc4c3)C(C)C1)=NC(C1(c3ccc(F)cc3)OCCO1)N2c1ccccc1. The molecule has 1 spiro atoms. The van der Waals surface area contributed by atoms with E-state index in [4.69, 9.17) is 19.2 Å². The number of carbonyl (C=O) groups is 1. The Balaban J connectivity index is 1.12. The Kier molecular flexibility index (Phi) is 9.53. The molecule has 3 unspecified atom stereocenters. The molecule has 4 heterocycles. The number of likely N-dealkylation sites (tertiary alicyclic amines) is 1. The normalized spacial score (nSPS) is 24.4. The highest BCUT2D eigenvalue weighted by Gasteiger charge is 2.61. The molecule has 3 fully saturated rings. The minimum atomic E-state index is -1.22. The Hall–Kier alpha value is -4.31. The van der Waals surface area contributed by atoms with E-state index in [1.165, 1.54) is 17.8 Å². The molecule has 52 heavy (non-hydrogen) atoms.